The molecule has 0 aromatic rings. The monoisotopic (exact) mass is 253 g/mol. The van der Waals surface area contributed by atoms with E-state index in [0.29, 0.717) is 0 Å². The van der Waals surface area contributed by atoms with Crippen molar-refractivity contribution in [3.05, 3.63) is 0 Å². The zero-order valence-corrected chi connectivity index (χ0v) is 14.0. The van der Waals surface area contributed by atoms with Crippen LogP contribution in [0.4, 0.5) is 0 Å². The van der Waals surface area contributed by atoms with E-state index in [-0.39, 0.29) is 36.2 Å². The Labute approximate surface area is 129 Å². The van der Waals surface area contributed by atoms with E-state index in [1.807, 2.05) is 0 Å². The van der Waals surface area contributed by atoms with Crippen LogP contribution >= 0.6 is 0 Å². The largest absolute Gasteiger partial charge is 0.394 e. The first-order valence-corrected chi connectivity index (χ1v) is 7.10. The summed E-state index contributed by atoms with van der Waals surface area (Å²) in [6.45, 7) is 2.16. The Kier molecular flexibility index (Phi) is 20.1. The molecule has 0 spiro atoms. The van der Waals surface area contributed by atoms with Crippen LogP contribution in [0, 0.1) is 0 Å². The topological polar surface area (TPSA) is 40.5 Å². The van der Waals surface area contributed by atoms with Gasteiger partial charge >= 0.3 is 0 Å². The number of hydrogen-bond acceptors (Lipinski definition) is 2. The predicted octanol–water partition coefficient (Wildman–Crippen LogP) is 3.27. The van der Waals surface area contributed by atoms with Crippen LogP contribution in [0.15, 0.2) is 0 Å². The summed E-state index contributed by atoms with van der Waals surface area (Å²) in [6, 6.07) is 0. The minimum atomic E-state index is -0.492. The van der Waals surface area contributed by atoms with Crippen LogP contribution in [-0.4, -0.2) is 52.5 Å². The zero-order chi connectivity index (χ0) is 12.1. The molecule has 0 saturated carbocycles. The molecule has 0 saturated heterocycles. The van der Waals surface area contributed by atoms with Crippen molar-refractivity contribution in [1.29, 1.82) is 0 Å². The summed E-state index contributed by atoms with van der Waals surface area (Å²) in [5.74, 6) is 0. The van der Waals surface area contributed by atoms with Crippen LogP contribution in [0.2, 0.25) is 0 Å². The molecule has 0 fully saturated rings. The molecule has 1 radical (unpaired) electrons. The van der Waals surface area contributed by atoms with Gasteiger partial charge in [-0.3, -0.25) is 0 Å². The van der Waals surface area contributed by atoms with Gasteiger partial charge in [0, 0.05) is 29.6 Å². The molecule has 2 N–H and O–H groups in total. The minimum absolute atomic E-state index is 0. The summed E-state index contributed by atoms with van der Waals surface area (Å²) in [5.41, 5.74) is 0. The fraction of sp³-hybridized carbons (Fsp3) is 1.00. The fourth-order valence-corrected chi connectivity index (χ4v) is 1.96. The molecule has 0 aliphatic heterocycles. The summed E-state index contributed by atoms with van der Waals surface area (Å²) < 4.78 is 0. The van der Waals surface area contributed by atoms with Crippen LogP contribution in [0.1, 0.15) is 77.6 Å². The molecule has 0 bridgehead atoms. The van der Waals surface area contributed by atoms with Crippen molar-refractivity contribution in [2.45, 2.75) is 83.7 Å². The van der Waals surface area contributed by atoms with Gasteiger partial charge in [0.05, 0.1) is 12.7 Å². The zero-order valence-electron chi connectivity index (χ0n) is 12.0. The summed E-state index contributed by atoms with van der Waals surface area (Å²) in [7, 11) is 0. The van der Waals surface area contributed by atoms with Gasteiger partial charge in [0.15, 0.2) is 0 Å². The van der Waals surface area contributed by atoms with Gasteiger partial charge in [-0.1, -0.05) is 71.1 Å². The molecular formula is C14H30NaO2. The van der Waals surface area contributed by atoms with Crippen molar-refractivity contribution < 1.29 is 10.2 Å². The molecule has 0 aromatic carbocycles. The van der Waals surface area contributed by atoms with E-state index in [2.05, 4.69) is 6.92 Å². The van der Waals surface area contributed by atoms with Gasteiger partial charge in [-0.15, -0.1) is 0 Å². The number of hydrogen-bond donors (Lipinski definition) is 2. The van der Waals surface area contributed by atoms with Crippen molar-refractivity contribution in [1.82, 2.24) is 0 Å². The Morgan fingerprint density at radius 1 is 0.765 bits per heavy atom. The molecule has 99 valence electrons. The van der Waals surface area contributed by atoms with Crippen molar-refractivity contribution >= 4 is 29.6 Å². The number of rotatable bonds is 12. The van der Waals surface area contributed by atoms with Gasteiger partial charge in [0.25, 0.3) is 0 Å². The maximum absolute atomic E-state index is 9.13. The molecule has 1 unspecified atom stereocenters. The molecule has 0 aliphatic carbocycles. The Bertz CT molecular complexity index is 131. The van der Waals surface area contributed by atoms with Crippen molar-refractivity contribution in [2.24, 2.45) is 0 Å². The van der Waals surface area contributed by atoms with Gasteiger partial charge < -0.3 is 10.2 Å². The van der Waals surface area contributed by atoms with E-state index < -0.39 is 6.10 Å². The molecule has 0 aromatic heterocycles. The maximum atomic E-state index is 9.13. The third-order valence-corrected chi connectivity index (χ3v) is 3.10. The second kappa shape index (κ2) is 16.9. The van der Waals surface area contributed by atoms with Gasteiger partial charge in [-0.25, -0.2) is 0 Å². The second-order valence-electron chi connectivity index (χ2n) is 4.81. The van der Waals surface area contributed by atoms with E-state index in [1.165, 1.54) is 57.8 Å². The number of aliphatic hydroxyl groups excluding tert-OH is 2. The van der Waals surface area contributed by atoms with Gasteiger partial charge in [-0.2, -0.15) is 0 Å². The summed E-state index contributed by atoms with van der Waals surface area (Å²) in [4.78, 5) is 0. The van der Waals surface area contributed by atoms with Gasteiger partial charge in [0.1, 0.15) is 0 Å². The maximum Gasteiger partial charge on any atom is 0.0770 e. The van der Waals surface area contributed by atoms with Crippen LogP contribution in [0.5, 0.6) is 0 Å². The first-order chi connectivity index (χ1) is 7.81. The van der Waals surface area contributed by atoms with Gasteiger partial charge in [0.2, 0.25) is 0 Å². The number of aliphatic hydroxyl groups is 2. The summed E-state index contributed by atoms with van der Waals surface area (Å²) in [6.07, 6.45) is 13.4. The molecule has 2 nitrogen and oxygen atoms in total. The Morgan fingerprint density at radius 3 is 1.59 bits per heavy atom. The van der Waals surface area contributed by atoms with Crippen molar-refractivity contribution in [2.75, 3.05) is 6.61 Å². The van der Waals surface area contributed by atoms with Crippen LogP contribution in [-0.2, 0) is 0 Å². The second-order valence-corrected chi connectivity index (χ2v) is 4.81. The molecule has 0 aliphatic rings. The minimum Gasteiger partial charge on any atom is -0.394 e. The quantitative estimate of drug-likeness (QED) is 0.414. The fourth-order valence-electron chi connectivity index (χ4n) is 1.96. The van der Waals surface area contributed by atoms with E-state index in [9.17, 15) is 0 Å². The van der Waals surface area contributed by atoms with Crippen LogP contribution in [0.3, 0.4) is 0 Å². The van der Waals surface area contributed by atoms with Crippen LogP contribution in [0.25, 0.3) is 0 Å². The van der Waals surface area contributed by atoms with E-state index >= 15 is 0 Å². The average Bonchev–Trinajstić information content (AvgIpc) is 2.31. The third kappa shape index (κ3) is 16.9. The normalized spacial score (nSPS) is 12.2. The molecule has 3 heteroatoms. The summed E-state index contributed by atoms with van der Waals surface area (Å²) in [5, 5.41) is 17.8. The Hall–Kier alpha value is 0.920. The molecule has 17 heavy (non-hydrogen) atoms. The third-order valence-electron chi connectivity index (χ3n) is 3.10. The average molecular weight is 253 g/mol. The smallest absolute Gasteiger partial charge is 0.0770 e. The van der Waals surface area contributed by atoms with Gasteiger partial charge in [-0.05, 0) is 6.42 Å². The first kappa shape index (κ1) is 20.2. The SMILES string of the molecule is CCCCCCCCCCCCC(O)CO.[Na]. The number of unbranched alkanes of at least 4 members (excludes halogenated alkanes) is 9. The molecule has 0 amide bonds. The van der Waals surface area contributed by atoms with E-state index in [1.54, 1.807) is 0 Å². The molecule has 0 rings (SSSR count). The Balaban J connectivity index is 0. The first-order valence-electron chi connectivity index (χ1n) is 7.10. The molecule has 0 heterocycles. The molecular weight excluding hydrogens is 223 g/mol. The molecule has 1 atom stereocenters. The Morgan fingerprint density at radius 2 is 1.18 bits per heavy atom. The van der Waals surface area contributed by atoms with Crippen molar-refractivity contribution in [3.63, 3.8) is 0 Å². The van der Waals surface area contributed by atoms with Crippen LogP contribution < -0.4 is 0 Å². The van der Waals surface area contributed by atoms with Crippen molar-refractivity contribution in [3.8, 4) is 0 Å². The predicted molar refractivity (Wildman–Crippen MR) is 75.3 cm³/mol. The standard InChI is InChI=1S/C14H30O2.Na/c1-2-3-4-5-6-7-8-9-10-11-12-14(16)13-15;/h14-16H,2-13H2,1H3;. The summed E-state index contributed by atoms with van der Waals surface area (Å²) >= 11 is 0. The van der Waals surface area contributed by atoms with E-state index in [0.717, 1.165) is 12.8 Å². The van der Waals surface area contributed by atoms with E-state index in [4.69, 9.17) is 10.2 Å².